The number of aryl methyl sites for hydroxylation is 1. The van der Waals surface area contributed by atoms with Crippen molar-refractivity contribution in [3.8, 4) is 0 Å². The predicted octanol–water partition coefficient (Wildman–Crippen LogP) is 5.16. The van der Waals surface area contributed by atoms with Crippen molar-refractivity contribution in [1.29, 1.82) is 0 Å². The van der Waals surface area contributed by atoms with Crippen LogP contribution in [0.25, 0.3) is 10.9 Å². The molecular weight excluding hydrogens is 530 g/mol. The minimum absolute atomic E-state index is 0.00982. The molecule has 3 heterocycles. The summed E-state index contributed by atoms with van der Waals surface area (Å²) in [7, 11) is -3.70. The smallest absolute Gasteiger partial charge is 0.263 e. The Bertz CT molecular complexity index is 1530. The van der Waals surface area contributed by atoms with Crippen LogP contribution in [0, 0.1) is 6.92 Å². The second kappa shape index (κ2) is 10.00. The largest absolute Gasteiger partial charge is 0.368 e. The van der Waals surface area contributed by atoms with Gasteiger partial charge in [-0.15, -0.1) is 11.3 Å². The molecule has 4 aromatic rings. The average molecular weight is 558 g/mol. The van der Waals surface area contributed by atoms with Gasteiger partial charge in [-0.3, -0.25) is 9.52 Å². The highest BCUT2D eigenvalue weighted by molar-refractivity contribution is 7.93. The van der Waals surface area contributed by atoms with Gasteiger partial charge in [0.2, 0.25) is 5.91 Å². The Hall–Kier alpha value is -3.08. The Morgan fingerprint density at radius 2 is 1.92 bits per heavy atom. The highest BCUT2D eigenvalue weighted by atomic mass is 35.5. The maximum Gasteiger partial charge on any atom is 0.263 e. The van der Waals surface area contributed by atoms with Gasteiger partial charge < -0.3 is 14.4 Å². The number of hydrogen-bond acceptors (Lipinski definition) is 6. The van der Waals surface area contributed by atoms with Crippen LogP contribution in [0.1, 0.15) is 25.6 Å². The van der Waals surface area contributed by atoms with E-state index in [0.717, 1.165) is 22.3 Å². The second-order valence-electron chi connectivity index (χ2n) is 9.30. The predicted molar refractivity (Wildman–Crippen MR) is 149 cm³/mol. The van der Waals surface area contributed by atoms with Crippen LogP contribution in [0.2, 0.25) is 5.02 Å². The van der Waals surface area contributed by atoms with E-state index in [2.05, 4.69) is 25.2 Å². The fraction of sp³-hybridized carbons (Fsp3) is 0.308. The van der Waals surface area contributed by atoms with Crippen LogP contribution in [-0.2, 0) is 14.8 Å². The molecule has 0 spiro atoms. The Morgan fingerprint density at radius 1 is 1.16 bits per heavy atom. The molecule has 1 aliphatic heterocycles. The van der Waals surface area contributed by atoms with E-state index in [1.165, 1.54) is 11.3 Å². The van der Waals surface area contributed by atoms with E-state index < -0.39 is 10.0 Å². The maximum absolute atomic E-state index is 13.6. The monoisotopic (exact) mass is 557 g/mol. The number of halogens is 1. The third-order valence-electron chi connectivity index (χ3n) is 6.82. The summed E-state index contributed by atoms with van der Waals surface area (Å²) in [6, 6.07) is 14.3. The van der Waals surface area contributed by atoms with Crippen molar-refractivity contribution in [2.45, 2.75) is 37.8 Å². The van der Waals surface area contributed by atoms with Gasteiger partial charge in [-0.1, -0.05) is 17.7 Å². The molecule has 1 fully saturated rings. The van der Waals surface area contributed by atoms with Crippen molar-refractivity contribution >= 4 is 60.6 Å². The highest BCUT2D eigenvalue weighted by Crippen LogP contribution is 2.29. The van der Waals surface area contributed by atoms with E-state index in [0.29, 0.717) is 29.8 Å². The van der Waals surface area contributed by atoms with Crippen molar-refractivity contribution in [1.82, 2.24) is 14.5 Å². The molecule has 1 saturated heterocycles. The number of carbonyl (C=O) groups is 1. The lowest BCUT2D eigenvalue weighted by molar-refractivity contribution is -0.136. The summed E-state index contributed by atoms with van der Waals surface area (Å²) in [4.78, 5) is 21.9. The standard InChI is InChI=1S/C26H28ClN5O3S2/c1-17-14-20-4-5-21(27)15-24(20)32(17)19(3)25(33)31-12-11-30(16-18(31)2)22-6-8-23(9-7-22)37(34,35)29-26-28-10-13-36-26/h4-10,13-15,18-19H,11-12,16H2,1-3H3,(H,28,29)/t18?,19-/m1/s1. The van der Waals surface area contributed by atoms with Crippen LogP contribution < -0.4 is 9.62 Å². The minimum atomic E-state index is -3.70. The summed E-state index contributed by atoms with van der Waals surface area (Å²) >= 11 is 7.47. The molecule has 0 saturated carbocycles. The molecule has 8 nitrogen and oxygen atoms in total. The van der Waals surface area contributed by atoms with Crippen molar-refractivity contribution < 1.29 is 13.2 Å². The van der Waals surface area contributed by atoms with Gasteiger partial charge in [-0.25, -0.2) is 13.4 Å². The summed E-state index contributed by atoms with van der Waals surface area (Å²) in [5.41, 5.74) is 2.89. The number of aromatic nitrogens is 2. The quantitative estimate of drug-likeness (QED) is 0.354. The number of amides is 1. The van der Waals surface area contributed by atoms with E-state index in [-0.39, 0.29) is 22.9 Å². The lowest BCUT2D eigenvalue weighted by atomic mass is 10.1. The van der Waals surface area contributed by atoms with Crippen LogP contribution in [-0.4, -0.2) is 54.5 Å². The van der Waals surface area contributed by atoms with Crippen molar-refractivity contribution in [2.75, 3.05) is 29.3 Å². The number of carbonyl (C=O) groups excluding carboxylic acids is 1. The number of thiazole rings is 1. The first-order chi connectivity index (χ1) is 17.6. The molecular formula is C26H28ClN5O3S2. The molecule has 37 heavy (non-hydrogen) atoms. The third-order valence-corrected chi connectivity index (χ3v) is 9.23. The first kappa shape index (κ1) is 25.6. The molecule has 1 unspecified atom stereocenters. The summed E-state index contributed by atoms with van der Waals surface area (Å²) in [6.07, 6.45) is 1.55. The van der Waals surface area contributed by atoms with E-state index in [1.807, 2.05) is 56.0 Å². The molecule has 5 rings (SSSR count). The number of rotatable bonds is 6. The number of benzene rings is 2. The summed E-state index contributed by atoms with van der Waals surface area (Å²) < 4.78 is 29.8. The number of nitrogens with one attached hydrogen (secondary N) is 1. The SMILES string of the molecule is Cc1cc2ccc(Cl)cc2n1[C@H](C)C(=O)N1CCN(c2ccc(S(=O)(=O)Nc3nccs3)cc2)CC1C. The molecule has 1 aliphatic rings. The summed E-state index contributed by atoms with van der Waals surface area (Å²) in [5, 5.41) is 3.75. The van der Waals surface area contributed by atoms with Gasteiger partial charge >= 0.3 is 0 Å². The van der Waals surface area contributed by atoms with Crippen molar-refractivity contribution in [2.24, 2.45) is 0 Å². The number of sulfonamides is 1. The van der Waals surface area contributed by atoms with Gasteiger partial charge in [0.15, 0.2) is 5.13 Å². The molecule has 1 N–H and O–H groups in total. The van der Waals surface area contributed by atoms with Gasteiger partial charge in [0.25, 0.3) is 10.0 Å². The van der Waals surface area contributed by atoms with Gasteiger partial charge in [-0.05, 0) is 68.6 Å². The fourth-order valence-electron chi connectivity index (χ4n) is 5.00. The lowest BCUT2D eigenvalue weighted by Crippen LogP contribution is -2.55. The summed E-state index contributed by atoms with van der Waals surface area (Å²) in [6.45, 7) is 7.88. The second-order valence-corrected chi connectivity index (χ2v) is 12.3. The highest BCUT2D eigenvalue weighted by Gasteiger charge is 2.32. The van der Waals surface area contributed by atoms with Crippen LogP contribution in [0.15, 0.2) is 65.0 Å². The maximum atomic E-state index is 13.6. The summed E-state index contributed by atoms with van der Waals surface area (Å²) in [5.74, 6) is 0.0717. The van der Waals surface area contributed by atoms with Gasteiger partial charge in [0, 0.05) is 53.7 Å². The van der Waals surface area contributed by atoms with Gasteiger partial charge in [0.05, 0.1) is 10.4 Å². The third kappa shape index (κ3) is 5.05. The Labute approximate surface area is 225 Å². The average Bonchev–Trinajstić information content (AvgIpc) is 3.49. The van der Waals surface area contributed by atoms with Crippen LogP contribution in [0.4, 0.5) is 10.8 Å². The van der Waals surface area contributed by atoms with Gasteiger partial charge in [0.1, 0.15) is 6.04 Å². The van der Waals surface area contributed by atoms with Crippen LogP contribution in [0.5, 0.6) is 0 Å². The number of piperazine rings is 1. The van der Waals surface area contributed by atoms with Crippen molar-refractivity contribution in [3.63, 3.8) is 0 Å². The van der Waals surface area contributed by atoms with E-state index in [4.69, 9.17) is 11.6 Å². The number of anilines is 2. The molecule has 194 valence electrons. The Morgan fingerprint density at radius 3 is 2.59 bits per heavy atom. The number of nitrogens with zero attached hydrogens (tertiary/aromatic N) is 4. The molecule has 2 aromatic carbocycles. The van der Waals surface area contributed by atoms with Crippen LogP contribution >= 0.6 is 22.9 Å². The first-order valence-corrected chi connectivity index (χ1v) is 14.7. The van der Waals surface area contributed by atoms with E-state index in [9.17, 15) is 13.2 Å². The number of fused-ring (bicyclic) bond motifs is 1. The topological polar surface area (TPSA) is 87.5 Å². The first-order valence-electron chi connectivity index (χ1n) is 12.0. The Kier molecular flexibility index (Phi) is 6.91. The Balaban J connectivity index is 1.27. The number of hydrogen-bond donors (Lipinski definition) is 1. The zero-order chi connectivity index (χ0) is 26.3. The zero-order valence-electron chi connectivity index (χ0n) is 20.8. The molecule has 2 aromatic heterocycles. The molecule has 11 heteroatoms. The van der Waals surface area contributed by atoms with E-state index in [1.54, 1.807) is 23.7 Å². The molecule has 0 radical (unpaired) electrons. The van der Waals surface area contributed by atoms with Gasteiger partial charge in [-0.2, -0.15) is 0 Å². The van der Waals surface area contributed by atoms with E-state index >= 15 is 0 Å². The van der Waals surface area contributed by atoms with Crippen LogP contribution in [0.3, 0.4) is 0 Å². The molecule has 0 bridgehead atoms. The normalized spacial score (nSPS) is 17.2. The minimum Gasteiger partial charge on any atom is -0.368 e. The lowest BCUT2D eigenvalue weighted by Gasteiger charge is -2.42. The zero-order valence-corrected chi connectivity index (χ0v) is 23.1. The van der Waals surface area contributed by atoms with Crippen molar-refractivity contribution in [3.05, 3.63) is 70.8 Å². The molecule has 1 amide bonds. The fourth-order valence-corrected chi connectivity index (χ4v) is 6.96. The molecule has 0 aliphatic carbocycles. The molecule has 2 atom stereocenters.